The first kappa shape index (κ1) is 16.4. The van der Waals surface area contributed by atoms with Gasteiger partial charge in [0.15, 0.2) is 0 Å². The average Bonchev–Trinajstić information content (AvgIpc) is 2.40. The lowest BCUT2D eigenvalue weighted by Crippen LogP contribution is -2.46. The number of hydrogen-bond donors (Lipinski definition) is 2. The number of benzene rings is 1. The van der Waals surface area contributed by atoms with E-state index in [-0.39, 0.29) is 36.5 Å². The second-order valence-electron chi connectivity index (χ2n) is 4.71. The Balaban J connectivity index is 0.00000200. The summed E-state index contributed by atoms with van der Waals surface area (Å²) in [6.45, 7) is 1.79. The molecule has 1 fully saturated rings. The monoisotopic (exact) mass is 299 g/mol. The summed E-state index contributed by atoms with van der Waals surface area (Å²) in [5, 5.41) is 16.8. The van der Waals surface area contributed by atoms with Gasteiger partial charge in [-0.2, -0.15) is 0 Å². The normalized spacial score (nSPS) is 17.9. The molecular weight excluding hydrogens is 282 g/mol. The lowest BCUT2D eigenvalue weighted by atomic mass is 10.1. The van der Waals surface area contributed by atoms with Crippen molar-refractivity contribution in [2.24, 2.45) is 0 Å². The van der Waals surface area contributed by atoms with E-state index in [0.717, 1.165) is 25.9 Å². The Morgan fingerprint density at radius 1 is 1.50 bits per heavy atom. The van der Waals surface area contributed by atoms with Crippen LogP contribution < -0.4 is 10.6 Å². The van der Waals surface area contributed by atoms with Gasteiger partial charge in [0.05, 0.1) is 11.3 Å². The maximum absolute atomic E-state index is 11.9. The van der Waals surface area contributed by atoms with Gasteiger partial charge < -0.3 is 10.6 Å². The minimum Gasteiger partial charge on any atom is -0.352 e. The van der Waals surface area contributed by atoms with Gasteiger partial charge in [-0.05, 0) is 24.9 Å². The summed E-state index contributed by atoms with van der Waals surface area (Å²) in [5.74, 6) is -0.0887. The van der Waals surface area contributed by atoms with Crippen LogP contribution in [0.4, 0.5) is 5.69 Å². The fraction of sp³-hybridized carbons (Fsp3) is 0.462. The highest BCUT2D eigenvalue weighted by atomic mass is 35.5. The zero-order valence-corrected chi connectivity index (χ0v) is 11.8. The van der Waals surface area contributed by atoms with E-state index in [9.17, 15) is 14.9 Å². The zero-order valence-electron chi connectivity index (χ0n) is 11.0. The van der Waals surface area contributed by atoms with Gasteiger partial charge in [0.2, 0.25) is 5.91 Å². The molecule has 1 aliphatic heterocycles. The molecule has 1 heterocycles. The van der Waals surface area contributed by atoms with E-state index in [4.69, 9.17) is 0 Å². The van der Waals surface area contributed by atoms with E-state index in [1.807, 2.05) is 0 Å². The predicted molar refractivity (Wildman–Crippen MR) is 78.1 cm³/mol. The molecule has 2 rings (SSSR count). The average molecular weight is 300 g/mol. The Kier molecular flexibility index (Phi) is 6.41. The van der Waals surface area contributed by atoms with Crippen LogP contribution in [0.25, 0.3) is 0 Å². The summed E-state index contributed by atoms with van der Waals surface area (Å²) in [7, 11) is 0. The molecule has 0 aromatic heterocycles. The maximum Gasteiger partial charge on any atom is 0.269 e. The first-order valence-corrected chi connectivity index (χ1v) is 6.38. The largest absolute Gasteiger partial charge is 0.352 e. The van der Waals surface area contributed by atoms with Crippen LogP contribution >= 0.6 is 12.4 Å². The highest BCUT2D eigenvalue weighted by Crippen LogP contribution is 2.13. The molecule has 110 valence electrons. The Bertz CT molecular complexity index is 476. The lowest BCUT2D eigenvalue weighted by molar-refractivity contribution is -0.384. The smallest absolute Gasteiger partial charge is 0.269 e. The van der Waals surface area contributed by atoms with E-state index in [1.165, 1.54) is 12.1 Å². The molecule has 7 heteroatoms. The minimum atomic E-state index is -0.452. The minimum absolute atomic E-state index is 0. The number of halogens is 1. The third kappa shape index (κ3) is 4.79. The van der Waals surface area contributed by atoms with Gasteiger partial charge in [-0.25, -0.2) is 0 Å². The molecule has 1 aromatic rings. The summed E-state index contributed by atoms with van der Waals surface area (Å²) >= 11 is 0. The highest BCUT2D eigenvalue weighted by molar-refractivity contribution is 5.85. The number of piperidine rings is 1. The van der Waals surface area contributed by atoms with Gasteiger partial charge in [-0.1, -0.05) is 12.1 Å². The van der Waals surface area contributed by atoms with Crippen molar-refractivity contribution in [1.82, 2.24) is 10.6 Å². The molecule has 0 bridgehead atoms. The van der Waals surface area contributed by atoms with E-state index in [0.29, 0.717) is 5.56 Å². The maximum atomic E-state index is 11.9. The van der Waals surface area contributed by atoms with Gasteiger partial charge in [-0.15, -0.1) is 12.4 Å². The number of non-ortho nitro benzene ring substituents is 1. The third-order valence-corrected chi connectivity index (χ3v) is 3.15. The SMILES string of the molecule is Cl.O=C(Cc1cccc([N+](=O)[O-])c1)N[C@@H]1CCCNC1. The Morgan fingerprint density at radius 3 is 2.95 bits per heavy atom. The van der Waals surface area contributed by atoms with E-state index < -0.39 is 4.92 Å². The number of amides is 1. The number of nitrogens with one attached hydrogen (secondary N) is 2. The number of nitro groups is 1. The molecule has 0 unspecified atom stereocenters. The number of rotatable bonds is 4. The summed E-state index contributed by atoms with van der Waals surface area (Å²) < 4.78 is 0. The van der Waals surface area contributed by atoms with Crippen molar-refractivity contribution in [3.63, 3.8) is 0 Å². The standard InChI is InChI=1S/C13H17N3O3.ClH/c17-13(15-11-4-2-6-14-9-11)8-10-3-1-5-12(7-10)16(18)19;/h1,3,5,7,11,14H,2,4,6,8-9H2,(H,15,17);1H/t11-;/m1./s1. The first-order chi connectivity index (χ1) is 9.15. The second-order valence-corrected chi connectivity index (χ2v) is 4.71. The molecule has 1 aromatic carbocycles. The van der Waals surface area contributed by atoms with E-state index >= 15 is 0 Å². The first-order valence-electron chi connectivity index (χ1n) is 6.38. The van der Waals surface area contributed by atoms with Crippen molar-refractivity contribution in [1.29, 1.82) is 0 Å². The van der Waals surface area contributed by atoms with Gasteiger partial charge in [0, 0.05) is 24.7 Å². The van der Waals surface area contributed by atoms with Gasteiger partial charge in [0.1, 0.15) is 0 Å². The van der Waals surface area contributed by atoms with E-state index in [2.05, 4.69) is 10.6 Å². The van der Waals surface area contributed by atoms with E-state index in [1.54, 1.807) is 12.1 Å². The molecule has 2 N–H and O–H groups in total. The van der Waals surface area contributed by atoms with Crippen molar-refractivity contribution in [3.05, 3.63) is 39.9 Å². The quantitative estimate of drug-likeness (QED) is 0.650. The van der Waals surface area contributed by atoms with Crippen LogP contribution in [0, 0.1) is 10.1 Å². The third-order valence-electron chi connectivity index (χ3n) is 3.15. The molecule has 1 atom stereocenters. The second kappa shape index (κ2) is 7.81. The summed E-state index contributed by atoms with van der Waals surface area (Å²) in [6, 6.07) is 6.36. The van der Waals surface area contributed by atoms with Crippen LogP contribution in [0.1, 0.15) is 18.4 Å². The van der Waals surface area contributed by atoms with Crippen molar-refractivity contribution in [3.8, 4) is 0 Å². The molecular formula is C13H18ClN3O3. The molecule has 0 aliphatic carbocycles. The molecule has 1 saturated heterocycles. The highest BCUT2D eigenvalue weighted by Gasteiger charge is 2.16. The lowest BCUT2D eigenvalue weighted by Gasteiger charge is -2.23. The number of nitro benzene ring substituents is 1. The predicted octanol–water partition coefficient (Wildman–Crippen LogP) is 1.43. The van der Waals surface area contributed by atoms with Gasteiger partial charge in [0.25, 0.3) is 5.69 Å². The van der Waals surface area contributed by atoms with Crippen molar-refractivity contribution >= 4 is 24.0 Å². The molecule has 1 aliphatic rings. The van der Waals surface area contributed by atoms with Crippen molar-refractivity contribution in [2.45, 2.75) is 25.3 Å². The van der Waals surface area contributed by atoms with Crippen LogP contribution in [-0.2, 0) is 11.2 Å². The van der Waals surface area contributed by atoms with Crippen LogP contribution in [0.2, 0.25) is 0 Å². The topological polar surface area (TPSA) is 84.3 Å². The van der Waals surface area contributed by atoms with Gasteiger partial charge >= 0.3 is 0 Å². The van der Waals surface area contributed by atoms with Crippen LogP contribution in [-0.4, -0.2) is 30.0 Å². The molecule has 0 radical (unpaired) electrons. The number of nitrogens with zero attached hydrogens (tertiary/aromatic N) is 1. The molecule has 0 saturated carbocycles. The summed E-state index contributed by atoms with van der Waals surface area (Å²) in [5.41, 5.74) is 0.681. The number of carbonyl (C=O) groups excluding carboxylic acids is 1. The Hall–Kier alpha value is -1.66. The fourth-order valence-corrected chi connectivity index (χ4v) is 2.22. The van der Waals surface area contributed by atoms with Crippen molar-refractivity contribution < 1.29 is 9.72 Å². The number of hydrogen-bond acceptors (Lipinski definition) is 4. The zero-order chi connectivity index (χ0) is 13.7. The fourth-order valence-electron chi connectivity index (χ4n) is 2.22. The molecule has 20 heavy (non-hydrogen) atoms. The number of carbonyl (C=O) groups is 1. The summed E-state index contributed by atoms with van der Waals surface area (Å²) in [4.78, 5) is 22.1. The van der Waals surface area contributed by atoms with Crippen LogP contribution in [0.5, 0.6) is 0 Å². The molecule has 6 nitrogen and oxygen atoms in total. The Morgan fingerprint density at radius 2 is 2.30 bits per heavy atom. The molecule has 1 amide bonds. The van der Waals surface area contributed by atoms with Crippen LogP contribution in [0.3, 0.4) is 0 Å². The van der Waals surface area contributed by atoms with Crippen LogP contribution in [0.15, 0.2) is 24.3 Å². The summed E-state index contributed by atoms with van der Waals surface area (Å²) in [6.07, 6.45) is 2.22. The Labute approximate surface area is 123 Å². The molecule has 0 spiro atoms. The van der Waals surface area contributed by atoms with Crippen molar-refractivity contribution in [2.75, 3.05) is 13.1 Å². The van der Waals surface area contributed by atoms with Gasteiger partial charge in [-0.3, -0.25) is 14.9 Å².